The molecule has 0 bridgehead atoms. The molecule has 1 heterocycles. The molecule has 0 aromatic carbocycles. The molecule has 19 heavy (non-hydrogen) atoms. The molecule has 2 N–H and O–H groups in total. The lowest BCUT2D eigenvalue weighted by atomic mass is 9.79. The Labute approximate surface area is 113 Å². The highest BCUT2D eigenvalue weighted by Gasteiger charge is 2.26. The molecular formula is C14H21FN2O2. The average Bonchev–Trinajstić information content (AvgIpc) is 2.43. The molecule has 1 rings (SSSR count). The van der Waals surface area contributed by atoms with Crippen LogP contribution in [0.3, 0.4) is 0 Å². The van der Waals surface area contributed by atoms with Crippen LogP contribution in [0.2, 0.25) is 0 Å². The van der Waals surface area contributed by atoms with Gasteiger partial charge in [-0.2, -0.15) is 4.39 Å². The van der Waals surface area contributed by atoms with Crippen LogP contribution < -0.4 is 5.32 Å². The third-order valence-corrected chi connectivity index (χ3v) is 3.71. The van der Waals surface area contributed by atoms with Gasteiger partial charge in [0.15, 0.2) is 0 Å². The SMILES string of the molecule is CCC(CC)(CCO)CNC(=O)c1cccc(F)n1. The Morgan fingerprint density at radius 2 is 2.11 bits per heavy atom. The lowest BCUT2D eigenvalue weighted by molar-refractivity contribution is 0.0901. The van der Waals surface area contributed by atoms with E-state index in [2.05, 4.69) is 10.3 Å². The predicted molar refractivity (Wildman–Crippen MR) is 71.2 cm³/mol. The fraction of sp³-hybridized carbons (Fsp3) is 0.571. The Hall–Kier alpha value is -1.49. The molecule has 106 valence electrons. The fourth-order valence-corrected chi connectivity index (χ4v) is 2.07. The normalized spacial score (nSPS) is 11.4. The van der Waals surface area contributed by atoms with Gasteiger partial charge in [0.1, 0.15) is 5.69 Å². The number of nitrogens with zero attached hydrogens (tertiary/aromatic N) is 1. The van der Waals surface area contributed by atoms with Crippen LogP contribution in [0.25, 0.3) is 0 Å². The number of halogens is 1. The maximum absolute atomic E-state index is 12.9. The number of hydrogen-bond acceptors (Lipinski definition) is 3. The Morgan fingerprint density at radius 1 is 1.42 bits per heavy atom. The van der Waals surface area contributed by atoms with Gasteiger partial charge >= 0.3 is 0 Å². The Balaban J connectivity index is 2.66. The Morgan fingerprint density at radius 3 is 2.63 bits per heavy atom. The van der Waals surface area contributed by atoms with Crippen LogP contribution in [-0.2, 0) is 0 Å². The largest absolute Gasteiger partial charge is 0.396 e. The van der Waals surface area contributed by atoms with Crippen LogP contribution in [0.15, 0.2) is 18.2 Å². The number of aliphatic hydroxyl groups is 1. The molecule has 1 amide bonds. The van der Waals surface area contributed by atoms with E-state index in [1.165, 1.54) is 18.2 Å². The number of pyridine rings is 1. The fourth-order valence-electron chi connectivity index (χ4n) is 2.07. The summed E-state index contributed by atoms with van der Waals surface area (Å²) in [6.07, 6.45) is 2.36. The quantitative estimate of drug-likeness (QED) is 0.745. The van der Waals surface area contributed by atoms with Crippen molar-refractivity contribution in [3.05, 3.63) is 29.8 Å². The van der Waals surface area contributed by atoms with Gasteiger partial charge in [0.2, 0.25) is 5.95 Å². The second-order valence-corrected chi connectivity index (χ2v) is 4.71. The number of hydrogen-bond donors (Lipinski definition) is 2. The van der Waals surface area contributed by atoms with Crippen molar-refractivity contribution in [1.29, 1.82) is 0 Å². The summed E-state index contributed by atoms with van der Waals surface area (Å²) >= 11 is 0. The summed E-state index contributed by atoms with van der Waals surface area (Å²) in [5.74, 6) is -1.05. The summed E-state index contributed by atoms with van der Waals surface area (Å²) in [7, 11) is 0. The van der Waals surface area contributed by atoms with Gasteiger partial charge in [-0.1, -0.05) is 19.9 Å². The van der Waals surface area contributed by atoms with E-state index in [1.807, 2.05) is 13.8 Å². The van der Waals surface area contributed by atoms with Crippen LogP contribution in [0, 0.1) is 11.4 Å². The molecule has 4 nitrogen and oxygen atoms in total. The first-order chi connectivity index (χ1) is 9.06. The van der Waals surface area contributed by atoms with Crippen LogP contribution in [0.1, 0.15) is 43.6 Å². The number of aliphatic hydroxyl groups excluding tert-OH is 1. The zero-order valence-electron chi connectivity index (χ0n) is 11.4. The molecule has 0 saturated heterocycles. The molecule has 1 aromatic heterocycles. The molecule has 0 radical (unpaired) electrons. The summed E-state index contributed by atoms with van der Waals surface area (Å²) in [6.45, 7) is 4.62. The van der Waals surface area contributed by atoms with E-state index in [0.717, 1.165) is 12.8 Å². The van der Waals surface area contributed by atoms with Gasteiger partial charge < -0.3 is 10.4 Å². The molecule has 0 fully saturated rings. The van der Waals surface area contributed by atoms with Gasteiger partial charge in [0.25, 0.3) is 5.91 Å². The van der Waals surface area contributed by atoms with Gasteiger partial charge in [0.05, 0.1) is 0 Å². The second kappa shape index (κ2) is 7.19. The van der Waals surface area contributed by atoms with Gasteiger partial charge in [-0.3, -0.25) is 4.79 Å². The first-order valence-electron chi connectivity index (χ1n) is 6.58. The van der Waals surface area contributed by atoms with Gasteiger partial charge in [-0.15, -0.1) is 0 Å². The van der Waals surface area contributed by atoms with Crippen LogP contribution in [-0.4, -0.2) is 29.1 Å². The molecule has 0 aliphatic rings. The van der Waals surface area contributed by atoms with Crippen molar-refractivity contribution < 1.29 is 14.3 Å². The highest BCUT2D eigenvalue weighted by molar-refractivity contribution is 5.92. The molecule has 5 heteroatoms. The van der Waals surface area contributed by atoms with Crippen LogP contribution >= 0.6 is 0 Å². The summed E-state index contributed by atoms with van der Waals surface area (Å²) in [5.41, 5.74) is -0.0392. The average molecular weight is 268 g/mol. The van der Waals surface area contributed by atoms with Crippen molar-refractivity contribution in [2.45, 2.75) is 33.1 Å². The molecule has 0 spiro atoms. The third kappa shape index (κ3) is 4.28. The molecule has 0 aliphatic carbocycles. The lowest BCUT2D eigenvalue weighted by Gasteiger charge is -2.31. The van der Waals surface area contributed by atoms with E-state index in [4.69, 9.17) is 5.11 Å². The second-order valence-electron chi connectivity index (χ2n) is 4.71. The van der Waals surface area contributed by atoms with Gasteiger partial charge in [-0.25, -0.2) is 4.98 Å². The maximum atomic E-state index is 12.9. The van der Waals surface area contributed by atoms with E-state index in [1.54, 1.807) is 0 Å². The zero-order valence-corrected chi connectivity index (χ0v) is 11.4. The number of carbonyl (C=O) groups is 1. The lowest BCUT2D eigenvalue weighted by Crippen LogP contribution is -2.38. The van der Waals surface area contributed by atoms with Crippen LogP contribution in [0.5, 0.6) is 0 Å². The van der Waals surface area contributed by atoms with Gasteiger partial charge in [-0.05, 0) is 36.8 Å². The number of amides is 1. The van der Waals surface area contributed by atoms with Crippen molar-refractivity contribution in [3.63, 3.8) is 0 Å². The first-order valence-corrected chi connectivity index (χ1v) is 6.58. The number of aromatic nitrogens is 1. The molecule has 1 aromatic rings. The minimum Gasteiger partial charge on any atom is -0.396 e. The highest BCUT2D eigenvalue weighted by atomic mass is 19.1. The van der Waals surface area contributed by atoms with Crippen molar-refractivity contribution in [3.8, 4) is 0 Å². The summed E-state index contributed by atoms with van der Waals surface area (Å²) in [6, 6.07) is 4.13. The van der Waals surface area contributed by atoms with E-state index in [9.17, 15) is 9.18 Å². The van der Waals surface area contributed by atoms with Crippen molar-refractivity contribution in [2.75, 3.05) is 13.2 Å². The van der Waals surface area contributed by atoms with E-state index < -0.39 is 5.95 Å². The summed E-state index contributed by atoms with van der Waals surface area (Å²) < 4.78 is 12.9. The third-order valence-electron chi connectivity index (χ3n) is 3.71. The zero-order chi connectivity index (χ0) is 14.3. The minimum absolute atomic E-state index is 0.0742. The standard InChI is InChI=1S/C14H21FN2O2/c1-3-14(4-2,8-9-18)10-16-13(19)11-6-5-7-12(15)17-11/h5-7,18H,3-4,8-10H2,1-2H3,(H,16,19). The molecular weight excluding hydrogens is 247 g/mol. The summed E-state index contributed by atoms with van der Waals surface area (Å²) in [4.78, 5) is 15.4. The maximum Gasteiger partial charge on any atom is 0.270 e. The van der Waals surface area contributed by atoms with E-state index in [-0.39, 0.29) is 23.6 Å². The number of rotatable bonds is 7. The number of carbonyl (C=O) groups excluding carboxylic acids is 1. The summed E-state index contributed by atoms with van der Waals surface area (Å²) in [5, 5.41) is 11.9. The van der Waals surface area contributed by atoms with Crippen LogP contribution in [0.4, 0.5) is 4.39 Å². The first kappa shape index (κ1) is 15.6. The monoisotopic (exact) mass is 268 g/mol. The Kier molecular flexibility index (Phi) is 5.89. The van der Waals surface area contributed by atoms with E-state index in [0.29, 0.717) is 13.0 Å². The molecule has 0 unspecified atom stereocenters. The molecule has 0 saturated carbocycles. The number of nitrogens with one attached hydrogen (secondary N) is 1. The van der Waals surface area contributed by atoms with Crippen molar-refractivity contribution >= 4 is 5.91 Å². The predicted octanol–water partition coefficient (Wildman–Crippen LogP) is 2.14. The van der Waals surface area contributed by atoms with Crippen molar-refractivity contribution in [1.82, 2.24) is 10.3 Å². The smallest absolute Gasteiger partial charge is 0.270 e. The highest BCUT2D eigenvalue weighted by Crippen LogP contribution is 2.29. The topological polar surface area (TPSA) is 62.2 Å². The Bertz CT molecular complexity index is 420. The molecule has 0 atom stereocenters. The van der Waals surface area contributed by atoms with Gasteiger partial charge in [0, 0.05) is 13.2 Å². The van der Waals surface area contributed by atoms with E-state index >= 15 is 0 Å². The minimum atomic E-state index is -0.666. The van der Waals surface area contributed by atoms with Crippen molar-refractivity contribution in [2.24, 2.45) is 5.41 Å². The molecule has 0 aliphatic heterocycles.